The average molecular weight is 362 g/mol. The third-order valence-corrected chi connectivity index (χ3v) is 4.60. The first-order valence-corrected chi connectivity index (χ1v) is 9.20. The molecule has 0 radical (unpaired) electrons. The molecular formula is C22H25F3O. The molecule has 0 aromatic heterocycles. The van der Waals surface area contributed by atoms with Crippen molar-refractivity contribution < 1.29 is 18.0 Å². The van der Waals surface area contributed by atoms with E-state index in [2.05, 4.69) is 0 Å². The quantitative estimate of drug-likeness (QED) is 0.342. The molecule has 0 spiro atoms. The standard InChI is InChI=1S/C22H25F3O/c23-22(24,25)21-15-9-11-18(16-21)10-5-3-1-2-4-6-12-19-13-7-8-14-20(19)17-26/h7-9,11,13-17H,1-6,10,12H2. The molecule has 1 nitrogen and oxygen atoms in total. The van der Waals surface area contributed by atoms with Gasteiger partial charge in [-0.1, -0.05) is 68.1 Å². The van der Waals surface area contributed by atoms with Gasteiger partial charge in [-0.25, -0.2) is 0 Å². The molecule has 26 heavy (non-hydrogen) atoms. The topological polar surface area (TPSA) is 17.1 Å². The van der Waals surface area contributed by atoms with E-state index in [9.17, 15) is 18.0 Å². The fourth-order valence-corrected chi connectivity index (χ4v) is 3.13. The van der Waals surface area contributed by atoms with Gasteiger partial charge in [0.1, 0.15) is 6.29 Å². The van der Waals surface area contributed by atoms with Crippen molar-refractivity contribution in [2.45, 2.75) is 57.5 Å². The van der Waals surface area contributed by atoms with Crippen molar-refractivity contribution in [1.82, 2.24) is 0 Å². The second-order valence-electron chi connectivity index (χ2n) is 6.64. The normalized spacial score (nSPS) is 11.5. The highest BCUT2D eigenvalue weighted by atomic mass is 19.4. The first-order chi connectivity index (χ1) is 12.5. The summed E-state index contributed by atoms with van der Waals surface area (Å²) >= 11 is 0. The lowest BCUT2D eigenvalue weighted by atomic mass is 10.00. The Balaban J connectivity index is 1.59. The van der Waals surface area contributed by atoms with E-state index in [-0.39, 0.29) is 0 Å². The molecule has 2 rings (SSSR count). The molecule has 0 N–H and O–H groups in total. The Labute approximate surface area is 153 Å². The maximum absolute atomic E-state index is 12.7. The van der Waals surface area contributed by atoms with E-state index in [1.54, 1.807) is 6.07 Å². The summed E-state index contributed by atoms with van der Waals surface area (Å²) < 4.78 is 38.0. The zero-order valence-corrected chi connectivity index (χ0v) is 14.9. The highest BCUT2D eigenvalue weighted by Gasteiger charge is 2.30. The van der Waals surface area contributed by atoms with E-state index in [4.69, 9.17) is 0 Å². The van der Waals surface area contributed by atoms with Crippen molar-refractivity contribution in [3.63, 3.8) is 0 Å². The number of rotatable bonds is 10. The number of benzene rings is 2. The van der Waals surface area contributed by atoms with Gasteiger partial charge in [0.15, 0.2) is 0 Å². The van der Waals surface area contributed by atoms with Gasteiger partial charge in [-0.05, 0) is 42.9 Å². The number of alkyl halides is 3. The van der Waals surface area contributed by atoms with Crippen LogP contribution in [0, 0.1) is 0 Å². The minimum atomic E-state index is -4.27. The predicted molar refractivity (Wildman–Crippen MR) is 98.4 cm³/mol. The third-order valence-electron chi connectivity index (χ3n) is 4.60. The Hall–Kier alpha value is -2.10. The second-order valence-corrected chi connectivity index (χ2v) is 6.64. The summed E-state index contributed by atoms with van der Waals surface area (Å²) in [5.41, 5.74) is 2.07. The summed E-state index contributed by atoms with van der Waals surface area (Å²) in [4.78, 5) is 11.0. The van der Waals surface area contributed by atoms with E-state index in [0.29, 0.717) is 6.42 Å². The number of halogens is 3. The van der Waals surface area contributed by atoms with Crippen molar-refractivity contribution in [3.8, 4) is 0 Å². The van der Waals surface area contributed by atoms with E-state index in [0.717, 1.165) is 74.0 Å². The molecule has 0 bridgehead atoms. The van der Waals surface area contributed by atoms with E-state index in [1.807, 2.05) is 24.3 Å². The number of unbranched alkanes of at least 4 members (excludes halogenated alkanes) is 5. The number of hydrogen-bond donors (Lipinski definition) is 0. The fraction of sp³-hybridized carbons (Fsp3) is 0.409. The second kappa shape index (κ2) is 10.1. The van der Waals surface area contributed by atoms with E-state index < -0.39 is 11.7 Å². The van der Waals surface area contributed by atoms with Crippen LogP contribution >= 0.6 is 0 Å². The summed E-state index contributed by atoms with van der Waals surface area (Å²) in [7, 11) is 0. The van der Waals surface area contributed by atoms with Crippen molar-refractivity contribution in [3.05, 3.63) is 70.8 Å². The van der Waals surface area contributed by atoms with Crippen molar-refractivity contribution in [1.29, 1.82) is 0 Å². The molecule has 2 aromatic carbocycles. The smallest absolute Gasteiger partial charge is 0.298 e. The van der Waals surface area contributed by atoms with Gasteiger partial charge >= 0.3 is 6.18 Å². The summed E-state index contributed by atoms with van der Waals surface area (Å²) in [6, 6.07) is 13.3. The maximum atomic E-state index is 12.7. The Bertz CT molecular complexity index is 692. The number of aldehydes is 1. The van der Waals surface area contributed by atoms with Crippen LogP contribution in [0.15, 0.2) is 48.5 Å². The number of aryl methyl sites for hydroxylation is 2. The lowest BCUT2D eigenvalue weighted by Crippen LogP contribution is -2.05. The van der Waals surface area contributed by atoms with Gasteiger partial charge in [0, 0.05) is 5.56 Å². The fourth-order valence-electron chi connectivity index (χ4n) is 3.13. The van der Waals surface area contributed by atoms with Crippen LogP contribution in [0.3, 0.4) is 0 Å². The first-order valence-electron chi connectivity index (χ1n) is 9.20. The number of hydrogen-bond acceptors (Lipinski definition) is 1. The van der Waals surface area contributed by atoms with Crippen molar-refractivity contribution >= 4 is 6.29 Å². The van der Waals surface area contributed by atoms with Gasteiger partial charge in [-0.15, -0.1) is 0 Å². The zero-order valence-electron chi connectivity index (χ0n) is 14.9. The molecule has 0 atom stereocenters. The van der Waals surface area contributed by atoms with Gasteiger partial charge in [0.05, 0.1) is 5.56 Å². The molecule has 0 unspecified atom stereocenters. The Kier molecular flexibility index (Phi) is 7.89. The van der Waals surface area contributed by atoms with Gasteiger partial charge in [0.2, 0.25) is 0 Å². The largest absolute Gasteiger partial charge is 0.416 e. The number of carbonyl (C=O) groups is 1. The van der Waals surface area contributed by atoms with Crippen molar-refractivity contribution in [2.24, 2.45) is 0 Å². The Morgan fingerprint density at radius 3 is 2.12 bits per heavy atom. The lowest BCUT2D eigenvalue weighted by molar-refractivity contribution is -0.137. The molecule has 0 saturated carbocycles. The van der Waals surface area contributed by atoms with Crippen LogP contribution < -0.4 is 0 Å². The maximum Gasteiger partial charge on any atom is 0.416 e. The lowest BCUT2D eigenvalue weighted by Gasteiger charge is -2.08. The monoisotopic (exact) mass is 362 g/mol. The van der Waals surface area contributed by atoms with Crippen LogP contribution in [0.1, 0.15) is 65.6 Å². The average Bonchev–Trinajstić information content (AvgIpc) is 2.63. The Morgan fingerprint density at radius 2 is 1.42 bits per heavy atom. The van der Waals surface area contributed by atoms with Gasteiger partial charge in [0.25, 0.3) is 0 Å². The van der Waals surface area contributed by atoms with Gasteiger partial charge in [-0.3, -0.25) is 4.79 Å². The van der Waals surface area contributed by atoms with E-state index in [1.165, 1.54) is 12.1 Å². The van der Waals surface area contributed by atoms with Crippen LogP contribution in [-0.2, 0) is 19.0 Å². The molecule has 0 aliphatic rings. The van der Waals surface area contributed by atoms with Crippen molar-refractivity contribution in [2.75, 3.05) is 0 Å². The molecule has 0 heterocycles. The van der Waals surface area contributed by atoms with Crippen LogP contribution in [0.4, 0.5) is 13.2 Å². The molecular weight excluding hydrogens is 337 g/mol. The highest BCUT2D eigenvalue weighted by Crippen LogP contribution is 2.29. The van der Waals surface area contributed by atoms with E-state index >= 15 is 0 Å². The molecule has 0 aliphatic heterocycles. The zero-order chi connectivity index (χ0) is 18.8. The highest BCUT2D eigenvalue weighted by molar-refractivity contribution is 5.77. The third kappa shape index (κ3) is 6.66. The molecule has 0 aliphatic carbocycles. The molecule has 0 fully saturated rings. The molecule has 0 amide bonds. The SMILES string of the molecule is O=Cc1ccccc1CCCCCCCCc1cccc(C(F)(F)F)c1. The van der Waals surface area contributed by atoms with Gasteiger partial charge < -0.3 is 0 Å². The van der Waals surface area contributed by atoms with Gasteiger partial charge in [-0.2, -0.15) is 13.2 Å². The Morgan fingerprint density at radius 1 is 0.769 bits per heavy atom. The molecule has 140 valence electrons. The predicted octanol–water partition coefficient (Wildman–Crippen LogP) is 6.64. The minimum absolute atomic E-state index is 0.564. The van der Waals surface area contributed by atoms with Crippen LogP contribution in [0.25, 0.3) is 0 Å². The summed E-state index contributed by atoms with van der Waals surface area (Å²) in [5, 5.41) is 0. The first kappa shape index (κ1) is 20.2. The summed E-state index contributed by atoms with van der Waals surface area (Å²) in [5.74, 6) is 0. The van der Waals surface area contributed by atoms with Crippen LogP contribution in [-0.4, -0.2) is 6.29 Å². The molecule has 0 saturated heterocycles. The summed E-state index contributed by atoms with van der Waals surface area (Å²) in [6.45, 7) is 0. The van der Waals surface area contributed by atoms with Crippen LogP contribution in [0.5, 0.6) is 0 Å². The molecule has 4 heteroatoms. The molecule has 2 aromatic rings. The summed E-state index contributed by atoms with van der Waals surface area (Å²) in [6.07, 6.45) is 4.56. The van der Waals surface area contributed by atoms with Crippen LogP contribution in [0.2, 0.25) is 0 Å². The number of carbonyl (C=O) groups excluding carboxylic acids is 1. The minimum Gasteiger partial charge on any atom is -0.298 e.